The van der Waals surface area contributed by atoms with Gasteiger partial charge < -0.3 is 25.2 Å². The number of carbonyl (C=O) groups is 2. The summed E-state index contributed by atoms with van der Waals surface area (Å²) >= 11 is 5.74. The number of aliphatic hydroxyl groups excluding tert-OH is 1. The number of carbonyl (C=O) groups excluding carboxylic acids is 2. The van der Waals surface area contributed by atoms with Crippen LogP contribution in [0.25, 0.3) is 0 Å². The highest BCUT2D eigenvalue weighted by Crippen LogP contribution is 2.33. The predicted octanol–water partition coefficient (Wildman–Crippen LogP) is 0.321. The molecule has 1 atom stereocenters. The molecule has 2 aromatic rings. The SMILES string of the molecule is COCCN1CN2CC(O)c3c(C(=O)NCc4cccc(Cl)c4F)c(=O)c(O)c(n32)C1=O. The second-order valence-corrected chi connectivity index (χ2v) is 7.81. The normalized spacial score (nSPS) is 17.0. The van der Waals surface area contributed by atoms with Gasteiger partial charge in [-0.2, -0.15) is 0 Å². The quantitative estimate of drug-likeness (QED) is 0.560. The number of aliphatic hydroxyl groups is 1. The molecule has 1 aromatic heterocycles. The third kappa shape index (κ3) is 3.48. The fraction of sp³-hybridized carbons (Fsp3) is 0.350. The summed E-state index contributed by atoms with van der Waals surface area (Å²) in [5, 5.41) is 25.0. The van der Waals surface area contributed by atoms with E-state index in [0.717, 1.165) is 0 Å². The lowest BCUT2D eigenvalue weighted by Gasteiger charge is -2.37. The average molecular weight is 467 g/mol. The molecule has 0 radical (unpaired) electrons. The fourth-order valence-electron chi connectivity index (χ4n) is 3.90. The van der Waals surface area contributed by atoms with Gasteiger partial charge in [-0.15, -0.1) is 0 Å². The van der Waals surface area contributed by atoms with Gasteiger partial charge in [-0.3, -0.25) is 19.4 Å². The third-order valence-electron chi connectivity index (χ3n) is 5.43. The van der Waals surface area contributed by atoms with Crippen LogP contribution < -0.4 is 15.8 Å². The molecule has 1 unspecified atom stereocenters. The van der Waals surface area contributed by atoms with Crippen molar-refractivity contribution in [1.82, 2.24) is 14.9 Å². The van der Waals surface area contributed by atoms with Gasteiger partial charge in [0, 0.05) is 25.8 Å². The van der Waals surface area contributed by atoms with Crippen LogP contribution in [0, 0.1) is 5.82 Å². The Morgan fingerprint density at radius 3 is 2.84 bits per heavy atom. The Morgan fingerprint density at radius 2 is 2.12 bits per heavy atom. The maximum Gasteiger partial charge on any atom is 0.277 e. The topological polar surface area (TPSA) is 124 Å². The Bertz CT molecular complexity index is 1170. The number of aromatic nitrogens is 1. The maximum absolute atomic E-state index is 14.1. The molecule has 10 nitrogen and oxygen atoms in total. The van der Waals surface area contributed by atoms with Gasteiger partial charge >= 0.3 is 0 Å². The van der Waals surface area contributed by atoms with Crippen LogP contribution in [0.4, 0.5) is 4.39 Å². The van der Waals surface area contributed by atoms with E-state index in [1.807, 2.05) is 0 Å². The Morgan fingerprint density at radius 1 is 1.38 bits per heavy atom. The lowest BCUT2D eigenvalue weighted by molar-refractivity contribution is 0.0626. The number of halogens is 2. The second-order valence-electron chi connectivity index (χ2n) is 7.40. The zero-order valence-corrected chi connectivity index (χ0v) is 17.7. The third-order valence-corrected chi connectivity index (χ3v) is 5.72. The van der Waals surface area contributed by atoms with Crippen molar-refractivity contribution < 1.29 is 28.9 Å². The van der Waals surface area contributed by atoms with Gasteiger partial charge in [0.15, 0.2) is 11.4 Å². The lowest BCUT2D eigenvalue weighted by atomic mass is 10.1. The highest BCUT2D eigenvalue weighted by atomic mass is 35.5. The number of ether oxygens (including phenoxy) is 1. The number of hydrogen-bond acceptors (Lipinski definition) is 7. The molecular formula is C20H20ClFN4O6. The predicted molar refractivity (Wildman–Crippen MR) is 111 cm³/mol. The Kier molecular flexibility index (Phi) is 5.80. The molecule has 2 aliphatic heterocycles. The van der Waals surface area contributed by atoms with Gasteiger partial charge in [-0.25, -0.2) is 9.07 Å². The molecule has 3 N–H and O–H groups in total. The van der Waals surface area contributed by atoms with E-state index in [1.165, 1.54) is 34.9 Å². The first kappa shape index (κ1) is 22.1. The highest BCUT2D eigenvalue weighted by Gasteiger charge is 2.43. The van der Waals surface area contributed by atoms with E-state index < -0.39 is 40.5 Å². The number of hydrogen-bond donors (Lipinski definition) is 3. The minimum absolute atomic E-state index is 0.00411. The maximum atomic E-state index is 14.1. The molecule has 0 saturated heterocycles. The molecular weight excluding hydrogens is 447 g/mol. The van der Waals surface area contributed by atoms with Gasteiger partial charge in [0.25, 0.3) is 11.8 Å². The number of aromatic hydroxyl groups is 1. The van der Waals surface area contributed by atoms with Gasteiger partial charge in [-0.1, -0.05) is 23.7 Å². The lowest BCUT2D eigenvalue weighted by Crippen LogP contribution is -2.53. The molecule has 0 bridgehead atoms. The van der Waals surface area contributed by atoms with Gasteiger partial charge in [0.2, 0.25) is 5.43 Å². The number of nitrogens with zero attached hydrogens (tertiary/aromatic N) is 3. The molecule has 2 amide bonds. The Hall–Kier alpha value is -3.15. The van der Waals surface area contributed by atoms with E-state index in [0.29, 0.717) is 0 Å². The average Bonchev–Trinajstić information content (AvgIpc) is 3.08. The Labute approximate surface area is 186 Å². The minimum atomic E-state index is -1.26. The largest absolute Gasteiger partial charge is 0.502 e. The molecule has 12 heteroatoms. The summed E-state index contributed by atoms with van der Waals surface area (Å²) in [6, 6.07) is 4.28. The summed E-state index contributed by atoms with van der Waals surface area (Å²) in [6.45, 7) is 0.223. The summed E-state index contributed by atoms with van der Waals surface area (Å²) in [5.74, 6) is -3.17. The minimum Gasteiger partial charge on any atom is -0.502 e. The molecule has 2 aliphatic rings. The molecule has 0 fully saturated rings. The van der Waals surface area contributed by atoms with E-state index in [4.69, 9.17) is 16.3 Å². The molecule has 3 heterocycles. The second kappa shape index (κ2) is 8.41. The molecule has 1 aromatic carbocycles. The van der Waals surface area contributed by atoms with Crippen molar-refractivity contribution in [2.45, 2.75) is 12.6 Å². The summed E-state index contributed by atoms with van der Waals surface area (Å²) in [4.78, 5) is 40.0. The summed E-state index contributed by atoms with van der Waals surface area (Å²) in [6.07, 6.45) is -1.26. The van der Waals surface area contributed by atoms with Gasteiger partial charge in [0.1, 0.15) is 24.2 Å². The zero-order chi connectivity index (χ0) is 23.2. The Balaban J connectivity index is 1.72. The highest BCUT2D eigenvalue weighted by molar-refractivity contribution is 6.30. The van der Waals surface area contributed by atoms with E-state index in [2.05, 4.69) is 5.32 Å². The van der Waals surface area contributed by atoms with Crippen molar-refractivity contribution in [1.29, 1.82) is 0 Å². The van der Waals surface area contributed by atoms with Crippen LogP contribution >= 0.6 is 11.6 Å². The number of nitrogens with one attached hydrogen (secondary N) is 1. The molecule has 170 valence electrons. The molecule has 4 rings (SSSR count). The first-order chi connectivity index (χ1) is 15.3. The van der Waals surface area contributed by atoms with Crippen LogP contribution in [0.3, 0.4) is 0 Å². The van der Waals surface area contributed by atoms with E-state index in [-0.39, 0.29) is 54.9 Å². The standard InChI is InChI=1S/C20H20ClFN4O6/c1-32-6-5-24-9-25-8-12(27)15-13(17(28)18(29)16(20(24)31)26(15)25)19(30)23-7-10-3-2-4-11(21)14(10)22/h2-4,12,27,29H,5-9H2,1H3,(H,23,30). The molecule has 0 aliphatic carbocycles. The number of benzene rings is 1. The van der Waals surface area contributed by atoms with Crippen LogP contribution in [-0.2, 0) is 11.3 Å². The van der Waals surface area contributed by atoms with Gasteiger partial charge in [-0.05, 0) is 6.07 Å². The van der Waals surface area contributed by atoms with Crippen LogP contribution in [-0.4, -0.2) is 65.1 Å². The first-order valence-electron chi connectivity index (χ1n) is 9.70. The monoisotopic (exact) mass is 466 g/mol. The number of rotatable bonds is 6. The van der Waals surface area contributed by atoms with Crippen LogP contribution in [0.1, 0.15) is 38.2 Å². The summed E-state index contributed by atoms with van der Waals surface area (Å²) < 4.78 is 20.3. The molecule has 32 heavy (non-hydrogen) atoms. The van der Waals surface area contributed by atoms with Crippen molar-refractivity contribution in [2.75, 3.05) is 38.5 Å². The number of methoxy groups -OCH3 is 1. The molecule has 0 spiro atoms. The van der Waals surface area contributed by atoms with Crippen molar-refractivity contribution in [3.05, 3.63) is 61.8 Å². The van der Waals surface area contributed by atoms with Crippen molar-refractivity contribution >= 4 is 23.4 Å². The van der Waals surface area contributed by atoms with Crippen molar-refractivity contribution in [3.63, 3.8) is 0 Å². The fourth-order valence-corrected chi connectivity index (χ4v) is 4.10. The van der Waals surface area contributed by atoms with Crippen LogP contribution in [0.2, 0.25) is 5.02 Å². The molecule has 0 saturated carbocycles. The van der Waals surface area contributed by atoms with Crippen LogP contribution in [0.15, 0.2) is 23.0 Å². The number of amides is 2. The van der Waals surface area contributed by atoms with Crippen molar-refractivity contribution in [2.24, 2.45) is 0 Å². The van der Waals surface area contributed by atoms with E-state index in [9.17, 15) is 29.0 Å². The van der Waals surface area contributed by atoms with E-state index in [1.54, 1.807) is 5.01 Å². The summed E-state index contributed by atoms with van der Waals surface area (Å²) in [5.41, 5.74) is -1.95. The smallest absolute Gasteiger partial charge is 0.277 e. The van der Waals surface area contributed by atoms with Gasteiger partial charge in [0.05, 0.1) is 23.9 Å². The number of pyridine rings is 1. The zero-order valence-electron chi connectivity index (χ0n) is 17.0. The van der Waals surface area contributed by atoms with E-state index >= 15 is 0 Å². The van der Waals surface area contributed by atoms with Crippen LogP contribution in [0.5, 0.6) is 5.75 Å². The summed E-state index contributed by atoms with van der Waals surface area (Å²) in [7, 11) is 1.47. The first-order valence-corrected chi connectivity index (χ1v) is 10.1. The van der Waals surface area contributed by atoms with Crippen molar-refractivity contribution in [3.8, 4) is 5.75 Å².